The van der Waals surface area contributed by atoms with Crippen molar-refractivity contribution in [3.63, 3.8) is 0 Å². The summed E-state index contributed by atoms with van der Waals surface area (Å²) in [4.78, 5) is 47.9. The van der Waals surface area contributed by atoms with Gasteiger partial charge in [0.2, 0.25) is 0 Å². The summed E-state index contributed by atoms with van der Waals surface area (Å²) < 4.78 is 57.5. The van der Waals surface area contributed by atoms with E-state index in [1.54, 1.807) is 48.8 Å². The molecule has 0 spiro atoms. The van der Waals surface area contributed by atoms with E-state index in [1.807, 2.05) is 41.8 Å². The Balaban J connectivity index is 1.38. The lowest BCUT2D eigenvalue weighted by atomic mass is 9.75. The van der Waals surface area contributed by atoms with Crippen molar-refractivity contribution in [2.75, 3.05) is 66.6 Å². The summed E-state index contributed by atoms with van der Waals surface area (Å²) in [5.41, 5.74) is -1.73. The van der Waals surface area contributed by atoms with Crippen molar-refractivity contribution >= 4 is 23.4 Å². The van der Waals surface area contributed by atoms with Crippen molar-refractivity contribution in [3.05, 3.63) is 29.8 Å². The van der Waals surface area contributed by atoms with Gasteiger partial charge in [-0.3, -0.25) is 19.3 Å². The molecule has 17 heteroatoms. The van der Waals surface area contributed by atoms with E-state index in [4.69, 9.17) is 42.6 Å². The second kappa shape index (κ2) is 21.9. The number of carbonyl (C=O) groups is 3. The van der Waals surface area contributed by atoms with Crippen LogP contribution in [0.2, 0.25) is 0 Å². The third-order valence-electron chi connectivity index (χ3n) is 16.1. The van der Waals surface area contributed by atoms with E-state index >= 15 is 0 Å². The Labute approximate surface area is 404 Å². The molecule has 5 aliphatic rings. The Morgan fingerprint density at radius 1 is 0.868 bits per heavy atom. The molecule has 386 valence electrons. The van der Waals surface area contributed by atoms with Gasteiger partial charge in [-0.05, 0) is 86.3 Å². The van der Waals surface area contributed by atoms with Gasteiger partial charge < -0.3 is 62.6 Å². The number of Topliss-reactive ketones (excluding diaryl/α,β-unsaturated/α-hetero) is 1. The third kappa shape index (κ3) is 11.3. The van der Waals surface area contributed by atoms with E-state index in [9.17, 15) is 24.6 Å². The maximum absolute atomic E-state index is 14.5. The molecule has 4 heterocycles. The van der Waals surface area contributed by atoms with Gasteiger partial charge in [0.1, 0.15) is 23.1 Å². The fourth-order valence-electron chi connectivity index (χ4n) is 11.8. The number of aliphatic hydroxyl groups is 2. The molecule has 1 saturated carbocycles. The average molecular weight is 962 g/mol. The number of hydrogen-bond acceptors (Lipinski definition) is 17. The maximum Gasteiger partial charge on any atom is 0.311 e. The number of ketones is 1. The van der Waals surface area contributed by atoms with Crippen LogP contribution in [0.25, 0.3) is 0 Å². The van der Waals surface area contributed by atoms with Gasteiger partial charge in [0.15, 0.2) is 18.7 Å². The van der Waals surface area contributed by atoms with Crippen LogP contribution in [0.4, 0.5) is 5.69 Å². The smallest absolute Gasteiger partial charge is 0.311 e. The van der Waals surface area contributed by atoms with Crippen LogP contribution >= 0.6 is 0 Å². The van der Waals surface area contributed by atoms with Crippen molar-refractivity contribution < 1.29 is 67.2 Å². The molecule has 5 fully saturated rings. The first-order chi connectivity index (χ1) is 31.9. The molecule has 0 aromatic heterocycles. The van der Waals surface area contributed by atoms with E-state index in [1.165, 1.54) is 18.2 Å². The maximum atomic E-state index is 14.5. The first-order valence-corrected chi connectivity index (χ1v) is 24.7. The molecular weight excluding hydrogens is 879 g/mol. The van der Waals surface area contributed by atoms with Crippen molar-refractivity contribution in [1.29, 1.82) is 0 Å². The minimum absolute atomic E-state index is 0.0302. The molecule has 1 aromatic rings. The van der Waals surface area contributed by atoms with Gasteiger partial charge in [-0.1, -0.05) is 39.8 Å². The van der Waals surface area contributed by atoms with Gasteiger partial charge in [-0.15, -0.1) is 0 Å². The SMILES string of the molecule is CO[C@]1(C)C[C@H](O[C@H]2[C@H](C)[C@@H](O[C@@H]3O[C@H](C)C[C@@H](N(C)Cc4ccc(N5CCOCC5)cc4)[C@@H]3N(C)C)[C@@](C)(OC)C[C@@H](C)C(=O)[C@H](C)[C@@H](O)[C@@]3(O)C(C)[C@H]3OC(=O)[C@@H]2C)O[C@@H](C)[C@@H]1OC(C)=O. The number of nitrogens with zero attached hydrogens (tertiary/aromatic N) is 3. The van der Waals surface area contributed by atoms with Crippen molar-refractivity contribution in [3.8, 4) is 0 Å². The van der Waals surface area contributed by atoms with Gasteiger partial charge in [0.05, 0.1) is 61.3 Å². The molecule has 2 N–H and O–H groups in total. The molecule has 68 heavy (non-hydrogen) atoms. The molecule has 6 rings (SSSR count). The molecule has 1 aliphatic carbocycles. The highest BCUT2D eigenvalue weighted by molar-refractivity contribution is 5.84. The number of carbonyl (C=O) groups excluding carboxylic acids is 3. The predicted octanol–water partition coefficient (Wildman–Crippen LogP) is 4.21. The van der Waals surface area contributed by atoms with Crippen molar-refractivity contribution in [2.45, 2.75) is 179 Å². The normalized spacial score (nSPS) is 43.1. The highest BCUT2D eigenvalue weighted by Crippen LogP contribution is 2.52. The van der Waals surface area contributed by atoms with E-state index < -0.39 is 108 Å². The van der Waals surface area contributed by atoms with Crippen LogP contribution in [0.15, 0.2) is 24.3 Å². The quantitative estimate of drug-likeness (QED) is 0.284. The molecule has 0 bridgehead atoms. The van der Waals surface area contributed by atoms with Crippen LogP contribution in [0, 0.1) is 29.6 Å². The fourth-order valence-corrected chi connectivity index (χ4v) is 11.8. The summed E-state index contributed by atoms with van der Waals surface area (Å²) in [5.74, 6) is -5.40. The lowest BCUT2D eigenvalue weighted by Crippen LogP contribution is -2.63. The first-order valence-electron chi connectivity index (χ1n) is 24.7. The van der Waals surface area contributed by atoms with Crippen LogP contribution in [0.5, 0.6) is 0 Å². The van der Waals surface area contributed by atoms with Gasteiger partial charge >= 0.3 is 11.9 Å². The van der Waals surface area contributed by atoms with E-state index in [0.717, 1.165) is 32.7 Å². The third-order valence-corrected chi connectivity index (χ3v) is 16.1. The minimum Gasteiger partial charge on any atom is -0.458 e. The zero-order valence-electron chi connectivity index (χ0n) is 43.3. The van der Waals surface area contributed by atoms with E-state index in [2.05, 4.69) is 46.0 Å². The lowest BCUT2D eigenvalue weighted by molar-refractivity contribution is -0.315. The van der Waals surface area contributed by atoms with E-state index in [0.29, 0.717) is 6.54 Å². The first kappa shape index (κ1) is 54.5. The number of morpholine rings is 1. The Bertz CT molecular complexity index is 1870. The highest BCUT2D eigenvalue weighted by atomic mass is 16.7. The molecule has 19 atom stereocenters. The molecular formula is C51H83N3O14. The molecule has 4 saturated heterocycles. The Kier molecular flexibility index (Phi) is 17.6. The summed E-state index contributed by atoms with van der Waals surface area (Å²) in [7, 11) is 9.27. The number of benzene rings is 1. The Morgan fingerprint density at radius 2 is 1.49 bits per heavy atom. The topological polar surface area (TPSA) is 184 Å². The Hall–Kier alpha value is -2.81. The number of aliphatic hydroxyl groups excluding tert-OH is 1. The number of methoxy groups -OCH3 is 2. The largest absolute Gasteiger partial charge is 0.458 e. The number of esters is 2. The van der Waals surface area contributed by atoms with Crippen molar-refractivity contribution in [2.24, 2.45) is 29.6 Å². The molecule has 1 unspecified atom stereocenters. The zero-order chi connectivity index (χ0) is 50.2. The number of hydrogen-bond donors (Lipinski definition) is 2. The van der Waals surface area contributed by atoms with Crippen LogP contribution in [0.3, 0.4) is 0 Å². The second-order valence-electron chi connectivity index (χ2n) is 21.4. The molecule has 0 amide bonds. The zero-order valence-corrected chi connectivity index (χ0v) is 43.3. The Morgan fingerprint density at radius 3 is 2.07 bits per heavy atom. The van der Waals surface area contributed by atoms with Gasteiger partial charge in [-0.25, -0.2) is 0 Å². The minimum atomic E-state index is -1.83. The summed E-state index contributed by atoms with van der Waals surface area (Å²) >= 11 is 0. The fraction of sp³-hybridized carbons (Fsp3) is 0.824. The van der Waals surface area contributed by atoms with Gasteiger partial charge in [-0.2, -0.15) is 0 Å². The molecule has 0 radical (unpaired) electrons. The summed E-state index contributed by atoms with van der Waals surface area (Å²) in [6.07, 6.45) is -6.86. The highest BCUT2D eigenvalue weighted by Gasteiger charge is 2.70. The lowest BCUT2D eigenvalue weighted by Gasteiger charge is -2.51. The molecule has 1 aromatic carbocycles. The van der Waals surface area contributed by atoms with Crippen LogP contribution in [-0.4, -0.2) is 184 Å². The molecule has 17 nitrogen and oxygen atoms in total. The monoisotopic (exact) mass is 962 g/mol. The number of ether oxygens (including phenoxy) is 9. The van der Waals surface area contributed by atoms with Gasteiger partial charge in [0, 0.05) is 82.6 Å². The number of likely N-dealkylation sites (N-methyl/N-ethyl adjacent to an activating group) is 2. The summed E-state index contributed by atoms with van der Waals surface area (Å²) in [6, 6.07) is 8.40. The average Bonchev–Trinajstić information content (AvgIpc) is 3.83. The number of fused-ring (bicyclic) bond motifs is 1. The van der Waals surface area contributed by atoms with E-state index in [-0.39, 0.29) is 36.8 Å². The number of rotatable bonds is 12. The van der Waals surface area contributed by atoms with Gasteiger partial charge in [0.25, 0.3) is 0 Å². The molecule has 4 aliphatic heterocycles. The van der Waals surface area contributed by atoms with Crippen molar-refractivity contribution in [1.82, 2.24) is 9.80 Å². The summed E-state index contributed by atoms with van der Waals surface area (Å²) in [5, 5.41) is 23.4. The van der Waals surface area contributed by atoms with Crippen LogP contribution in [-0.2, 0) is 63.6 Å². The summed E-state index contributed by atoms with van der Waals surface area (Å²) in [6.45, 7) is 21.5. The van der Waals surface area contributed by atoms with Crippen LogP contribution < -0.4 is 4.90 Å². The number of anilines is 1. The second-order valence-corrected chi connectivity index (χ2v) is 21.4. The van der Waals surface area contributed by atoms with Crippen LogP contribution in [0.1, 0.15) is 94.1 Å². The standard InChI is InChI=1S/C51H83N3O14/c1-28-25-49(9,60-14)44(68-48-40(52(11)12)38(24-29(2)63-48)53(13)27-36-16-18-37(19-17-36)54-20-22-62-23-21-54)31(4)42(66-39-26-50(10,61-15)46(34(7)64-39)65-35(8)55)32(5)47(58)67-45-33(6)51(45,59)43(57)30(3)41(28)56/h16-19,28-34,38-40,42-46,48,57,59H,20-27H2,1-15H3/t28-,29-,30+,31+,32-,33?,34+,38-,39+,40+,42+,43-,44-,45-,46+,48+,49+,50-,51+/m1/s1. The predicted molar refractivity (Wildman–Crippen MR) is 253 cm³/mol.